The highest BCUT2D eigenvalue weighted by atomic mass is 15.1. The number of imidazole rings is 2. The van der Waals surface area contributed by atoms with Crippen LogP contribution in [0, 0.1) is 0 Å². The van der Waals surface area contributed by atoms with E-state index in [-0.39, 0.29) is 0 Å². The molecule has 0 saturated heterocycles. The smallest absolute Gasteiger partial charge is 0.147 e. The van der Waals surface area contributed by atoms with Gasteiger partial charge in [0.25, 0.3) is 0 Å². The van der Waals surface area contributed by atoms with Crippen LogP contribution in [-0.4, -0.2) is 27.9 Å². The maximum Gasteiger partial charge on any atom is 0.147 e. The number of hydrogen-bond donors (Lipinski definition) is 0. The highest BCUT2D eigenvalue weighted by molar-refractivity contribution is 6.11. The molecule has 0 radical (unpaired) electrons. The van der Waals surface area contributed by atoms with E-state index in [1.807, 2.05) is 0 Å². The SMILES string of the molecule is c1ccc2c(c1)c1ccccc1n2-c1ccc2c(c1)nc1c3ccccc3n3c4ccc(-n5c6ccccc6c6ccccc65)cc4nc3c3ccccc3n21. The maximum atomic E-state index is 5.48. The van der Waals surface area contributed by atoms with E-state index in [0.717, 1.165) is 66.5 Å². The molecule has 6 nitrogen and oxygen atoms in total. The molecule has 6 heteroatoms. The summed E-state index contributed by atoms with van der Waals surface area (Å²) in [6.45, 7) is 0. The molecular formula is C50H30N6. The monoisotopic (exact) mass is 714 g/mol. The van der Waals surface area contributed by atoms with Gasteiger partial charge in [-0.3, -0.25) is 8.80 Å². The second kappa shape index (κ2) is 10.9. The Balaban J connectivity index is 1.13. The second-order valence-electron chi connectivity index (χ2n) is 14.7. The molecule has 13 aromatic rings. The molecule has 5 heterocycles. The lowest BCUT2D eigenvalue weighted by Crippen LogP contribution is -1.95. The van der Waals surface area contributed by atoms with Gasteiger partial charge >= 0.3 is 0 Å². The van der Waals surface area contributed by atoms with Crippen LogP contribution in [0.25, 0.3) is 110 Å². The largest absolute Gasteiger partial charge is 0.309 e. The number of benzene rings is 8. The standard InChI is InChI=1S/C50H30N6/c1-7-19-41-33(13-1)34-14-2-8-20-42(34)53(41)31-25-27-47-39(29-31)51-49-37-17-5-12-24-46(37)56-48-28-26-32(30-40(48)52-50(56)38-18-6-11-23-45(38)55(47)49)54-43-21-9-3-15-35(43)36-16-4-10-22-44(36)54/h1-30H. The summed E-state index contributed by atoms with van der Waals surface area (Å²) in [5, 5.41) is 7.06. The topological polar surface area (TPSA) is 44.5 Å². The predicted molar refractivity (Wildman–Crippen MR) is 231 cm³/mol. The van der Waals surface area contributed by atoms with Crippen LogP contribution in [0.2, 0.25) is 0 Å². The quantitative estimate of drug-likeness (QED) is 0.179. The molecule has 0 N–H and O–H groups in total. The lowest BCUT2D eigenvalue weighted by atomic mass is 10.2. The van der Waals surface area contributed by atoms with Crippen molar-refractivity contribution < 1.29 is 0 Å². The molecule has 0 spiro atoms. The number of aromatic nitrogens is 6. The molecule has 13 rings (SSSR count). The van der Waals surface area contributed by atoms with Gasteiger partial charge in [0.05, 0.1) is 55.2 Å². The molecule has 0 aliphatic carbocycles. The fourth-order valence-electron chi connectivity index (χ4n) is 9.38. The molecule has 0 amide bonds. The highest BCUT2D eigenvalue weighted by Crippen LogP contribution is 2.37. The lowest BCUT2D eigenvalue weighted by Gasteiger charge is -2.09. The Bertz CT molecular complexity index is 3480. The molecule has 0 saturated carbocycles. The van der Waals surface area contributed by atoms with Gasteiger partial charge < -0.3 is 9.13 Å². The Morgan fingerprint density at radius 3 is 0.929 bits per heavy atom. The van der Waals surface area contributed by atoms with Crippen molar-refractivity contribution in [2.24, 2.45) is 0 Å². The van der Waals surface area contributed by atoms with E-state index in [4.69, 9.17) is 9.97 Å². The van der Waals surface area contributed by atoms with E-state index in [1.54, 1.807) is 0 Å². The van der Waals surface area contributed by atoms with Gasteiger partial charge in [0.1, 0.15) is 11.3 Å². The minimum absolute atomic E-state index is 0.900. The summed E-state index contributed by atoms with van der Waals surface area (Å²) in [6, 6.07) is 65.2. The summed E-state index contributed by atoms with van der Waals surface area (Å²) < 4.78 is 9.37. The third-order valence-electron chi connectivity index (χ3n) is 11.7. The highest BCUT2D eigenvalue weighted by Gasteiger charge is 2.19. The number of rotatable bonds is 2. The third-order valence-corrected chi connectivity index (χ3v) is 11.7. The zero-order valence-corrected chi connectivity index (χ0v) is 30.0. The first kappa shape index (κ1) is 29.7. The summed E-state index contributed by atoms with van der Waals surface area (Å²) in [6.07, 6.45) is 0. The second-order valence-corrected chi connectivity index (χ2v) is 14.7. The first-order valence-electron chi connectivity index (χ1n) is 19.0. The van der Waals surface area contributed by atoms with Crippen LogP contribution in [0.1, 0.15) is 0 Å². The van der Waals surface area contributed by atoms with Crippen LogP contribution in [0.3, 0.4) is 0 Å². The third kappa shape index (κ3) is 3.89. The van der Waals surface area contributed by atoms with Crippen LogP contribution in [-0.2, 0) is 0 Å². The van der Waals surface area contributed by atoms with Crippen molar-refractivity contribution in [1.82, 2.24) is 27.9 Å². The number of fused-ring (bicyclic) bond motifs is 18. The molecule has 0 unspecified atom stereocenters. The van der Waals surface area contributed by atoms with Crippen LogP contribution in [0.5, 0.6) is 0 Å². The van der Waals surface area contributed by atoms with Crippen molar-refractivity contribution in [1.29, 1.82) is 0 Å². The molecule has 0 atom stereocenters. The van der Waals surface area contributed by atoms with Gasteiger partial charge in [0.15, 0.2) is 0 Å². The normalized spacial score (nSPS) is 12.3. The molecular weight excluding hydrogens is 685 g/mol. The Labute approximate surface area is 319 Å². The van der Waals surface area contributed by atoms with Crippen molar-refractivity contribution >= 4 is 98.8 Å². The van der Waals surface area contributed by atoms with Gasteiger partial charge in [0, 0.05) is 43.7 Å². The molecule has 8 aromatic carbocycles. The molecule has 5 aromatic heterocycles. The average Bonchev–Trinajstić information content (AvgIpc) is 4.00. The summed E-state index contributed by atoms with van der Waals surface area (Å²) >= 11 is 0. The Hall–Kier alpha value is -7.70. The molecule has 56 heavy (non-hydrogen) atoms. The minimum atomic E-state index is 0.900. The summed E-state index contributed by atoms with van der Waals surface area (Å²) in [7, 11) is 0. The van der Waals surface area contributed by atoms with E-state index >= 15 is 0 Å². The number of hydrogen-bond acceptors (Lipinski definition) is 2. The van der Waals surface area contributed by atoms with Crippen molar-refractivity contribution in [2.75, 3.05) is 0 Å². The van der Waals surface area contributed by atoms with Gasteiger partial charge in [-0.05, 0) is 84.9 Å². The van der Waals surface area contributed by atoms with Gasteiger partial charge in [-0.1, -0.05) is 97.1 Å². The summed E-state index contributed by atoms with van der Waals surface area (Å²) in [5.41, 5.74) is 14.7. The van der Waals surface area contributed by atoms with Gasteiger partial charge in [-0.15, -0.1) is 0 Å². The van der Waals surface area contributed by atoms with Crippen molar-refractivity contribution in [3.05, 3.63) is 182 Å². The predicted octanol–water partition coefficient (Wildman–Crippen LogP) is 12.4. The van der Waals surface area contributed by atoms with Gasteiger partial charge in [-0.25, -0.2) is 9.97 Å². The molecule has 0 fully saturated rings. The molecule has 0 aliphatic heterocycles. The molecule has 0 bridgehead atoms. The Morgan fingerprint density at radius 2 is 0.571 bits per heavy atom. The van der Waals surface area contributed by atoms with Crippen molar-refractivity contribution in [3.8, 4) is 11.4 Å². The number of para-hydroxylation sites is 6. The van der Waals surface area contributed by atoms with E-state index < -0.39 is 0 Å². The van der Waals surface area contributed by atoms with E-state index in [9.17, 15) is 0 Å². The van der Waals surface area contributed by atoms with Crippen molar-refractivity contribution in [3.63, 3.8) is 0 Å². The maximum absolute atomic E-state index is 5.48. The fourth-order valence-corrected chi connectivity index (χ4v) is 9.38. The zero-order valence-electron chi connectivity index (χ0n) is 30.0. The lowest BCUT2D eigenvalue weighted by molar-refractivity contribution is 1.18. The number of nitrogens with zero attached hydrogens (tertiary/aromatic N) is 6. The molecule has 0 aliphatic rings. The van der Waals surface area contributed by atoms with E-state index in [0.29, 0.717) is 0 Å². The Morgan fingerprint density at radius 1 is 0.268 bits per heavy atom. The first-order chi connectivity index (χ1) is 27.8. The van der Waals surface area contributed by atoms with Crippen LogP contribution in [0.4, 0.5) is 0 Å². The van der Waals surface area contributed by atoms with Gasteiger partial charge in [-0.2, -0.15) is 0 Å². The fraction of sp³-hybridized carbons (Fsp3) is 0. The molecule has 260 valence electrons. The zero-order chi connectivity index (χ0) is 36.5. The van der Waals surface area contributed by atoms with E-state index in [1.165, 1.54) is 43.6 Å². The summed E-state index contributed by atoms with van der Waals surface area (Å²) in [4.78, 5) is 11.0. The minimum Gasteiger partial charge on any atom is -0.309 e. The van der Waals surface area contributed by atoms with Gasteiger partial charge in [0.2, 0.25) is 0 Å². The van der Waals surface area contributed by atoms with Crippen LogP contribution < -0.4 is 0 Å². The van der Waals surface area contributed by atoms with Crippen LogP contribution in [0.15, 0.2) is 182 Å². The Kier molecular flexibility index (Phi) is 5.80. The van der Waals surface area contributed by atoms with Crippen LogP contribution >= 0.6 is 0 Å². The van der Waals surface area contributed by atoms with E-state index in [2.05, 4.69) is 200 Å². The summed E-state index contributed by atoms with van der Waals surface area (Å²) in [5.74, 6) is 0. The van der Waals surface area contributed by atoms with Crippen molar-refractivity contribution in [2.45, 2.75) is 0 Å². The first-order valence-corrected chi connectivity index (χ1v) is 19.0. The average molecular weight is 715 g/mol.